The Balaban J connectivity index is 1.89. The van der Waals surface area contributed by atoms with Crippen molar-refractivity contribution in [3.63, 3.8) is 0 Å². The zero-order valence-corrected chi connectivity index (χ0v) is 14.0. The van der Waals surface area contributed by atoms with Crippen molar-refractivity contribution in [3.8, 4) is 11.1 Å². The van der Waals surface area contributed by atoms with E-state index in [9.17, 15) is 22.8 Å². The predicted octanol–water partition coefficient (Wildman–Crippen LogP) is 3.88. The Bertz CT molecular complexity index is 880. The van der Waals surface area contributed by atoms with Gasteiger partial charge in [0.1, 0.15) is 5.82 Å². The molecule has 0 spiro atoms. The molecule has 1 heterocycles. The number of aromatic nitrogens is 1. The molecule has 0 saturated heterocycles. The highest BCUT2D eigenvalue weighted by atomic mass is 19.4. The standard InChI is InChI=1S/C18H16F3N3O3/c19-18(20,21)14-7-11(3-4-13(14)9-23-17(26)27)12-5-6-22-15(8-12)24-16(25)10-1-2-10/h3-8,10,23H,1-2,9H2,(H,26,27)(H,22,24,25). The minimum Gasteiger partial charge on any atom is -0.465 e. The van der Waals surface area contributed by atoms with Crippen molar-refractivity contribution in [2.24, 2.45) is 5.92 Å². The molecule has 2 aromatic rings. The lowest BCUT2D eigenvalue weighted by Crippen LogP contribution is -2.22. The van der Waals surface area contributed by atoms with Crippen LogP contribution in [-0.4, -0.2) is 22.1 Å². The van der Waals surface area contributed by atoms with Crippen molar-refractivity contribution in [3.05, 3.63) is 47.7 Å². The molecule has 9 heteroatoms. The van der Waals surface area contributed by atoms with Crippen molar-refractivity contribution in [2.75, 3.05) is 5.32 Å². The monoisotopic (exact) mass is 379 g/mol. The number of carbonyl (C=O) groups is 2. The summed E-state index contributed by atoms with van der Waals surface area (Å²) in [6.07, 6.45) is -2.98. The maximum atomic E-state index is 13.4. The van der Waals surface area contributed by atoms with Crippen LogP contribution in [0.4, 0.5) is 23.8 Å². The summed E-state index contributed by atoms with van der Waals surface area (Å²) >= 11 is 0. The fourth-order valence-electron chi connectivity index (χ4n) is 2.60. The number of nitrogens with one attached hydrogen (secondary N) is 2. The van der Waals surface area contributed by atoms with E-state index in [1.54, 1.807) is 0 Å². The maximum Gasteiger partial charge on any atom is 0.416 e. The van der Waals surface area contributed by atoms with E-state index in [0.29, 0.717) is 5.56 Å². The highest BCUT2D eigenvalue weighted by Gasteiger charge is 2.34. The van der Waals surface area contributed by atoms with Crippen LogP contribution in [-0.2, 0) is 17.5 Å². The molecule has 1 aromatic heterocycles. The molecule has 3 rings (SSSR count). The van der Waals surface area contributed by atoms with Crippen molar-refractivity contribution in [1.29, 1.82) is 0 Å². The van der Waals surface area contributed by atoms with Crippen molar-refractivity contribution in [1.82, 2.24) is 10.3 Å². The third-order valence-electron chi connectivity index (χ3n) is 4.14. The van der Waals surface area contributed by atoms with Crippen LogP contribution in [0.25, 0.3) is 11.1 Å². The predicted molar refractivity (Wildman–Crippen MR) is 90.9 cm³/mol. The quantitative estimate of drug-likeness (QED) is 0.735. The Morgan fingerprint density at radius 3 is 2.48 bits per heavy atom. The topological polar surface area (TPSA) is 91.3 Å². The number of hydrogen-bond donors (Lipinski definition) is 3. The SMILES string of the molecule is O=C(O)NCc1ccc(-c2ccnc(NC(=O)C3CC3)c2)cc1C(F)(F)F. The van der Waals surface area contributed by atoms with Gasteiger partial charge in [0, 0.05) is 18.7 Å². The van der Waals surface area contributed by atoms with Gasteiger partial charge in [0.15, 0.2) is 0 Å². The lowest BCUT2D eigenvalue weighted by Gasteiger charge is -2.15. The van der Waals surface area contributed by atoms with Crippen LogP contribution >= 0.6 is 0 Å². The molecule has 6 nitrogen and oxygen atoms in total. The normalized spacial score (nSPS) is 13.9. The molecule has 1 fully saturated rings. The number of rotatable bonds is 5. The molecule has 1 aromatic carbocycles. The van der Waals surface area contributed by atoms with E-state index < -0.39 is 24.4 Å². The lowest BCUT2D eigenvalue weighted by molar-refractivity contribution is -0.138. The molecule has 1 saturated carbocycles. The molecule has 0 unspecified atom stereocenters. The first-order valence-electron chi connectivity index (χ1n) is 8.18. The first-order chi connectivity index (χ1) is 12.7. The Morgan fingerprint density at radius 2 is 1.85 bits per heavy atom. The maximum absolute atomic E-state index is 13.4. The summed E-state index contributed by atoms with van der Waals surface area (Å²) in [5, 5.41) is 13.2. The molecular formula is C18H16F3N3O3. The van der Waals surface area contributed by atoms with Crippen LogP contribution in [0, 0.1) is 5.92 Å². The number of carbonyl (C=O) groups excluding carboxylic acids is 1. The number of carboxylic acid groups (broad SMARTS) is 1. The van der Waals surface area contributed by atoms with Gasteiger partial charge >= 0.3 is 12.3 Å². The number of amides is 2. The van der Waals surface area contributed by atoms with E-state index >= 15 is 0 Å². The van der Waals surface area contributed by atoms with Gasteiger partial charge in [0.2, 0.25) is 5.91 Å². The van der Waals surface area contributed by atoms with Crippen molar-refractivity contribution >= 4 is 17.8 Å². The summed E-state index contributed by atoms with van der Waals surface area (Å²) in [5.74, 6) is 0.105. The summed E-state index contributed by atoms with van der Waals surface area (Å²) < 4.78 is 40.1. The van der Waals surface area contributed by atoms with Gasteiger partial charge in [-0.05, 0) is 47.7 Å². The van der Waals surface area contributed by atoms with Gasteiger partial charge < -0.3 is 15.7 Å². The third-order valence-corrected chi connectivity index (χ3v) is 4.14. The highest BCUT2D eigenvalue weighted by Crippen LogP contribution is 2.35. The zero-order chi connectivity index (χ0) is 19.6. The molecule has 3 N–H and O–H groups in total. The van der Waals surface area contributed by atoms with Crippen LogP contribution in [0.15, 0.2) is 36.5 Å². The largest absolute Gasteiger partial charge is 0.465 e. The zero-order valence-electron chi connectivity index (χ0n) is 14.0. The Morgan fingerprint density at radius 1 is 1.15 bits per heavy atom. The van der Waals surface area contributed by atoms with Gasteiger partial charge in [0.05, 0.1) is 5.56 Å². The molecular weight excluding hydrogens is 363 g/mol. The second kappa shape index (κ2) is 7.26. The van der Waals surface area contributed by atoms with E-state index in [-0.39, 0.29) is 28.8 Å². The second-order valence-electron chi connectivity index (χ2n) is 6.22. The summed E-state index contributed by atoms with van der Waals surface area (Å²) in [4.78, 5) is 26.4. The van der Waals surface area contributed by atoms with E-state index in [0.717, 1.165) is 18.9 Å². The summed E-state index contributed by atoms with van der Waals surface area (Å²) in [6.45, 7) is -0.455. The first kappa shape index (κ1) is 18.7. The summed E-state index contributed by atoms with van der Waals surface area (Å²) in [7, 11) is 0. The minimum absolute atomic E-state index is 0.0201. The number of nitrogens with zero attached hydrogens (tertiary/aromatic N) is 1. The second-order valence-corrected chi connectivity index (χ2v) is 6.22. The summed E-state index contributed by atoms with van der Waals surface area (Å²) in [5.41, 5.74) is -0.357. The van der Waals surface area contributed by atoms with Crippen LogP contribution < -0.4 is 10.6 Å². The average molecular weight is 379 g/mol. The van der Waals surface area contributed by atoms with Crippen molar-refractivity contribution in [2.45, 2.75) is 25.6 Å². The van der Waals surface area contributed by atoms with Crippen LogP contribution in [0.2, 0.25) is 0 Å². The van der Waals surface area contributed by atoms with Gasteiger partial charge in [0.25, 0.3) is 0 Å². The third kappa shape index (κ3) is 4.75. The molecule has 0 aliphatic heterocycles. The summed E-state index contributed by atoms with van der Waals surface area (Å²) in [6, 6.07) is 6.70. The number of pyridine rings is 1. The molecule has 142 valence electrons. The van der Waals surface area contributed by atoms with E-state index in [2.05, 4.69) is 10.3 Å². The van der Waals surface area contributed by atoms with E-state index in [1.807, 2.05) is 5.32 Å². The fraction of sp³-hybridized carbons (Fsp3) is 0.278. The number of anilines is 1. The lowest BCUT2D eigenvalue weighted by atomic mass is 9.99. The molecule has 1 aliphatic carbocycles. The molecule has 0 bridgehead atoms. The number of halogens is 3. The number of alkyl halides is 3. The number of hydrogen-bond acceptors (Lipinski definition) is 3. The van der Waals surface area contributed by atoms with Gasteiger partial charge in [-0.25, -0.2) is 9.78 Å². The average Bonchev–Trinajstić information content (AvgIpc) is 3.44. The Labute approximate surface area is 152 Å². The van der Waals surface area contributed by atoms with Crippen LogP contribution in [0.1, 0.15) is 24.0 Å². The van der Waals surface area contributed by atoms with Gasteiger partial charge in [-0.3, -0.25) is 4.79 Å². The van der Waals surface area contributed by atoms with E-state index in [4.69, 9.17) is 5.11 Å². The van der Waals surface area contributed by atoms with Gasteiger partial charge in [-0.1, -0.05) is 12.1 Å². The Hall–Kier alpha value is -3.10. The molecule has 27 heavy (non-hydrogen) atoms. The fourth-order valence-corrected chi connectivity index (χ4v) is 2.60. The highest BCUT2D eigenvalue weighted by molar-refractivity contribution is 5.93. The van der Waals surface area contributed by atoms with Crippen LogP contribution in [0.3, 0.4) is 0 Å². The number of benzene rings is 1. The molecule has 0 atom stereocenters. The van der Waals surface area contributed by atoms with Crippen LogP contribution in [0.5, 0.6) is 0 Å². The van der Waals surface area contributed by atoms with Crippen molar-refractivity contribution < 1.29 is 27.9 Å². The Kier molecular flexibility index (Phi) is 5.02. The molecule has 1 aliphatic rings. The first-order valence-corrected chi connectivity index (χ1v) is 8.18. The van der Waals surface area contributed by atoms with Gasteiger partial charge in [-0.15, -0.1) is 0 Å². The molecule has 0 radical (unpaired) electrons. The minimum atomic E-state index is -4.64. The van der Waals surface area contributed by atoms with Gasteiger partial charge in [-0.2, -0.15) is 13.2 Å². The smallest absolute Gasteiger partial charge is 0.416 e. The van der Waals surface area contributed by atoms with E-state index in [1.165, 1.54) is 30.5 Å². The molecule has 2 amide bonds.